The largest absolute Gasteiger partial charge is 0.452 e. The number of nitrogens with zero attached hydrogens (tertiary/aromatic N) is 5. The van der Waals surface area contributed by atoms with Gasteiger partial charge in [0.25, 0.3) is 0 Å². The molecule has 5 aromatic heterocycles. The molecule has 0 aliphatic heterocycles. The van der Waals surface area contributed by atoms with E-state index >= 15 is 0 Å². The molecule has 0 spiro atoms. The highest BCUT2D eigenvalue weighted by Gasteiger charge is 2.26. The van der Waals surface area contributed by atoms with Crippen molar-refractivity contribution in [2.24, 2.45) is 0 Å². The topological polar surface area (TPSA) is 61.7 Å². The van der Waals surface area contributed by atoms with E-state index in [0.29, 0.717) is 17.5 Å². The van der Waals surface area contributed by atoms with Crippen molar-refractivity contribution in [2.75, 3.05) is 0 Å². The Hall–Kier alpha value is -8.39. The summed E-state index contributed by atoms with van der Waals surface area (Å²) < 4.78 is 14.8. The summed E-state index contributed by atoms with van der Waals surface area (Å²) in [6.45, 7) is 0. The number of fused-ring (bicyclic) bond motifs is 13. The van der Waals surface area contributed by atoms with Gasteiger partial charge in [0.05, 0.1) is 38.1 Å². The molecule has 6 nitrogen and oxygen atoms in total. The average molecular weight is 836 g/mol. The van der Waals surface area contributed by atoms with Gasteiger partial charge >= 0.3 is 0 Å². The lowest BCUT2D eigenvalue weighted by atomic mass is 10.0. The Morgan fingerprint density at radius 3 is 1.55 bits per heavy atom. The monoisotopic (exact) mass is 835 g/mol. The fraction of sp³-hybridized carbons (Fsp3) is 0. The highest BCUT2D eigenvalue weighted by molar-refractivity contribution is 7.26. The van der Waals surface area contributed by atoms with Gasteiger partial charge < -0.3 is 13.6 Å². The predicted octanol–water partition coefficient (Wildman–Crippen LogP) is 15.3. The van der Waals surface area contributed by atoms with Gasteiger partial charge in [0.1, 0.15) is 0 Å². The van der Waals surface area contributed by atoms with Crippen molar-refractivity contribution in [3.63, 3.8) is 0 Å². The molecule has 14 rings (SSSR count). The van der Waals surface area contributed by atoms with Crippen molar-refractivity contribution in [2.45, 2.75) is 0 Å². The fourth-order valence-electron chi connectivity index (χ4n) is 10.0. The van der Waals surface area contributed by atoms with Crippen LogP contribution >= 0.6 is 11.3 Å². The van der Waals surface area contributed by atoms with E-state index in [1.165, 1.54) is 47.2 Å². The molecule has 298 valence electrons. The summed E-state index contributed by atoms with van der Waals surface area (Å²) in [4.78, 5) is 15.6. The minimum Gasteiger partial charge on any atom is -0.452 e. The quantitative estimate of drug-likeness (QED) is 0.173. The molecule has 64 heavy (non-hydrogen) atoms. The number of rotatable bonds is 5. The lowest BCUT2D eigenvalue weighted by Crippen LogP contribution is -2.01. The third-order valence-corrected chi connectivity index (χ3v) is 14.0. The predicted molar refractivity (Wildman–Crippen MR) is 265 cm³/mol. The zero-order chi connectivity index (χ0) is 41.9. The van der Waals surface area contributed by atoms with Gasteiger partial charge in [0.15, 0.2) is 28.6 Å². The van der Waals surface area contributed by atoms with Crippen molar-refractivity contribution in [3.8, 4) is 45.5 Å². The van der Waals surface area contributed by atoms with Gasteiger partial charge in [0.2, 0.25) is 0 Å². The van der Waals surface area contributed by atoms with Crippen LogP contribution in [0, 0.1) is 0 Å². The highest BCUT2D eigenvalue weighted by atomic mass is 32.1. The summed E-state index contributed by atoms with van der Waals surface area (Å²) in [7, 11) is 0. The molecule has 0 radical (unpaired) electrons. The summed E-state index contributed by atoms with van der Waals surface area (Å²) in [5, 5.41) is 9.21. The highest BCUT2D eigenvalue weighted by Crippen LogP contribution is 2.47. The van der Waals surface area contributed by atoms with Crippen LogP contribution in [-0.4, -0.2) is 24.1 Å². The number of thiophene rings is 1. The number of para-hydroxylation sites is 4. The van der Waals surface area contributed by atoms with E-state index in [1.807, 2.05) is 72.0 Å². The van der Waals surface area contributed by atoms with Crippen LogP contribution in [0.4, 0.5) is 0 Å². The van der Waals surface area contributed by atoms with Crippen molar-refractivity contribution in [3.05, 3.63) is 200 Å². The van der Waals surface area contributed by atoms with E-state index in [4.69, 9.17) is 19.4 Å². The van der Waals surface area contributed by atoms with Gasteiger partial charge in [0, 0.05) is 64.5 Å². The Labute approximate surface area is 369 Å². The van der Waals surface area contributed by atoms with Crippen molar-refractivity contribution in [1.29, 1.82) is 0 Å². The second-order valence-electron chi connectivity index (χ2n) is 16.3. The molecule has 7 heteroatoms. The van der Waals surface area contributed by atoms with Crippen LogP contribution in [0.3, 0.4) is 0 Å². The summed E-state index contributed by atoms with van der Waals surface area (Å²) in [5.74, 6) is 1.79. The smallest absolute Gasteiger partial charge is 0.164 e. The van der Waals surface area contributed by atoms with Gasteiger partial charge in [-0.15, -0.1) is 11.3 Å². The molecule has 0 aliphatic rings. The van der Waals surface area contributed by atoms with E-state index in [1.54, 1.807) is 0 Å². The molecule has 0 N–H and O–H groups in total. The van der Waals surface area contributed by atoms with Crippen LogP contribution in [0.25, 0.3) is 131 Å². The first-order valence-electron chi connectivity index (χ1n) is 21.4. The molecule has 5 heterocycles. The number of benzene rings is 9. The number of hydrogen-bond donors (Lipinski definition) is 0. The zero-order valence-electron chi connectivity index (χ0n) is 34.1. The van der Waals surface area contributed by atoms with Crippen LogP contribution in [0.1, 0.15) is 0 Å². The molecular formula is C57H33N5OS. The molecule has 0 amide bonds. The molecule has 9 aromatic carbocycles. The molecule has 0 bridgehead atoms. The molecule has 0 unspecified atom stereocenters. The van der Waals surface area contributed by atoms with Crippen LogP contribution in [0.2, 0.25) is 0 Å². The summed E-state index contributed by atoms with van der Waals surface area (Å²) >= 11 is 1.85. The summed E-state index contributed by atoms with van der Waals surface area (Å²) in [6.07, 6.45) is 0. The summed E-state index contributed by atoms with van der Waals surface area (Å²) in [6, 6.07) is 70.5. The summed E-state index contributed by atoms with van der Waals surface area (Å²) in [5.41, 5.74) is 10.6. The molecular weight excluding hydrogens is 803 g/mol. The van der Waals surface area contributed by atoms with Crippen molar-refractivity contribution >= 4 is 97.1 Å². The third-order valence-electron chi connectivity index (χ3n) is 12.8. The van der Waals surface area contributed by atoms with Gasteiger partial charge in [-0.3, -0.25) is 0 Å². The minimum absolute atomic E-state index is 0.573. The van der Waals surface area contributed by atoms with Crippen LogP contribution in [-0.2, 0) is 0 Å². The van der Waals surface area contributed by atoms with E-state index < -0.39 is 0 Å². The first-order valence-corrected chi connectivity index (χ1v) is 22.3. The SMILES string of the molecule is c1ccc(-c2nc(-c3ccccc3)nc(-c3ccc(-n4c5ccccc5c5ccccc54)c4oc5c(-n6c7ccccc7c7ccc8c9ccccc9sc8c76)cccc5c34)n2)cc1. The maximum atomic E-state index is 7.51. The molecule has 0 atom stereocenters. The molecule has 0 aliphatic carbocycles. The van der Waals surface area contributed by atoms with E-state index in [9.17, 15) is 0 Å². The first kappa shape index (κ1) is 35.2. The maximum absolute atomic E-state index is 7.51. The Kier molecular flexibility index (Phi) is 7.46. The van der Waals surface area contributed by atoms with Gasteiger partial charge in [-0.25, -0.2) is 15.0 Å². The van der Waals surface area contributed by atoms with E-state index in [0.717, 1.165) is 66.6 Å². The van der Waals surface area contributed by atoms with E-state index in [-0.39, 0.29) is 0 Å². The number of hydrogen-bond acceptors (Lipinski definition) is 5. The van der Waals surface area contributed by atoms with Crippen LogP contribution in [0.5, 0.6) is 0 Å². The Morgan fingerprint density at radius 1 is 0.359 bits per heavy atom. The second-order valence-corrected chi connectivity index (χ2v) is 17.3. The fourth-order valence-corrected chi connectivity index (χ4v) is 11.2. The Bertz CT molecular complexity index is 4090. The van der Waals surface area contributed by atoms with Crippen molar-refractivity contribution < 1.29 is 4.42 Å². The third kappa shape index (κ3) is 5.04. The molecule has 0 saturated heterocycles. The molecule has 14 aromatic rings. The molecule has 0 saturated carbocycles. The standard InChI is InChI=1S/C57H33N5OS/c1-3-16-34(17-4-1)55-58-56(35-18-5-2-6-19-35)60-57(59-55)43-32-33-48(61-44-25-11-7-20-36(44)37-21-8-12-26-45(37)61)53-50(43)42-24-15-28-47(52(42)63-53)62-46-27-13-9-22-38(46)40-30-31-41-39-23-10-14-29-49(39)64-54(41)51(40)62/h1-33H. The number of aromatic nitrogens is 5. The Morgan fingerprint density at radius 2 is 0.875 bits per heavy atom. The first-order chi connectivity index (χ1) is 31.8. The van der Waals surface area contributed by atoms with E-state index in [2.05, 4.69) is 149 Å². The normalized spacial score (nSPS) is 12.1. The average Bonchev–Trinajstić information content (AvgIpc) is 4.12. The second kappa shape index (κ2) is 13.6. The maximum Gasteiger partial charge on any atom is 0.164 e. The van der Waals surface area contributed by atoms with Crippen LogP contribution in [0.15, 0.2) is 205 Å². The van der Waals surface area contributed by atoms with Crippen LogP contribution < -0.4 is 0 Å². The lowest BCUT2D eigenvalue weighted by molar-refractivity contribution is 0.664. The molecule has 0 fully saturated rings. The van der Waals surface area contributed by atoms with Gasteiger partial charge in [-0.2, -0.15) is 0 Å². The lowest BCUT2D eigenvalue weighted by Gasteiger charge is -2.12. The zero-order valence-corrected chi connectivity index (χ0v) is 34.9. The minimum atomic E-state index is 0.573. The number of furan rings is 1. The van der Waals surface area contributed by atoms with Gasteiger partial charge in [-0.05, 0) is 42.5 Å². The Balaban J connectivity index is 1.13. The van der Waals surface area contributed by atoms with Gasteiger partial charge in [-0.1, -0.05) is 158 Å². The van der Waals surface area contributed by atoms with Crippen molar-refractivity contribution in [1.82, 2.24) is 24.1 Å².